The maximum atomic E-state index is 12.4. The van der Waals surface area contributed by atoms with Crippen molar-refractivity contribution in [3.8, 4) is 11.5 Å². The first kappa shape index (κ1) is 18.4. The Morgan fingerprint density at radius 2 is 1.96 bits per heavy atom. The number of ether oxygens (including phenoxy) is 2. The van der Waals surface area contributed by atoms with Crippen LogP contribution in [-0.2, 0) is 0 Å². The summed E-state index contributed by atoms with van der Waals surface area (Å²) in [6, 6.07) is 11.0. The lowest BCUT2D eigenvalue weighted by molar-refractivity contribution is 0.0490. The molecule has 1 saturated carbocycles. The van der Waals surface area contributed by atoms with Crippen molar-refractivity contribution in [2.45, 2.75) is 38.8 Å². The van der Waals surface area contributed by atoms with Gasteiger partial charge in [-0.25, -0.2) is 4.79 Å². The molecule has 0 radical (unpaired) electrons. The van der Waals surface area contributed by atoms with E-state index in [1.54, 1.807) is 11.0 Å². The molecule has 2 aromatic rings. The molecule has 28 heavy (non-hydrogen) atoms. The summed E-state index contributed by atoms with van der Waals surface area (Å²) >= 11 is 0. The zero-order valence-electron chi connectivity index (χ0n) is 16.2. The Kier molecular flexibility index (Phi) is 4.98. The van der Waals surface area contributed by atoms with Crippen LogP contribution >= 0.6 is 0 Å². The lowest BCUT2D eigenvalue weighted by atomic mass is 10.2. The van der Waals surface area contributed by atoms with E-state index in [0.717, 1.165) is 18.5 Å². The molecule has 1 N–H and O–H groups in total. The van der Waals surface area contributed by atoms with Crippen LogP contribution in [0.1, 0.15) is 31.5 Å². The number of carbonyl (C=O) groups is 1. The number of urea groups is 1. The highest BCUT2D eigenvalue weighted by molar-refractivity contribution is 5.91. The van der Waals surface area contributed by atoms with E-state index < -0.39 is 0 Å². The summed E-state index contributed by atoms with van der Waals surface area (Å²) in [6.45, 7) is 5.33. The number of hydrogen-bond donors (Lipinski definition) is 1. The molecule has 0 atom stereocenters. The molecule has 2 amide bonds. The van der Waals surface area contributed by atoms with Gasteiger partial charge in [0, 0.05) is 17.8 Å². The number of carbonyl (C=O) groups excluding carboxylic acids is 1. The second kappa shape index (κ2) is 7.58. The van der Waals surface area contributed by atoms with Crippen LogP contribution < -0.4 is 20.3 Å². The molecule has 1 aliphatic heterocycles. The largest absolute Gasteiger partial charge is 0.492 e. The summed E-state index contributed by atoms with van der Waals surface area (Å²) in [5.74, 6) is 1.23. The SMILES string of the molecule is CCOc1ccccc1NC(=O)N1CC(Oc2cc(C)n(C3CC3)c(=O)c2)C1. The van der Waals surface area contributed by atoms with Crippen LogP contribution in [0.2, 0.25) is 0 Å². The van der Waals surface area contributed by atoms with E-state index in [1.807, 2.05) is 48.7 Å². The first-order chi connectivity index (χ1) is 13.5. The van der Waals surface area contributed by atoms with Gasteiger partial charge in [0.1, 0.15) is 17.6 Å². The minimum atomic E-state index is -0.188. The molecule has 1 aliphatic carbocycles. The van der Waals surface area contributed by atoms with E-state index in [2.05, 4.69) is 5.32 Å². The molecule has 0 bridgehead atoms. The predicted molar refractivity (Wildman–Crippen MR) is 106 cm³/mol. The highest BCUT2D eigenvalue weighted by atomic mass is 16.5. The van der Waals surface area contributed by atoms with Crippen LogP contribution in [0.25, 0.3) is 0 Å². The molecule has 1 aromatic carbocycles. The average molecular weight is 383 g/mol. The molecule has 1 aromatic heterocycles. The zero-order chi connectivity index (χ0) is 19.7. The van der Waals surface area contributed by atoms with Gasteiger partial charge < -0.3 is 24.3 Å². The summed E-state index contributed by atoms with van der Waals surface area (Å²) < 4.78 is 13.3. The number of rotatable bonds is 6. The van der Waals surface area contributed by atoms with Gasteiger partial charge in [0.25, 0.3) is 5.56 Å². The minimum absolute atomic E-state index is 0.0149. The second-order valence-corrected chi connectivity index (χ2v) is 7.28. The number of amides is 2. The predicted octanol–water partition coefficient (Wildman–Crippen LogP) is 3.19. The molecule has 2 aliphatic rings. The van der Waals surface area contributed by atoms with Crippen LogP contribution in [0, 0.1) is 6.92 Å². The number of likely N-dealkylation sites (tertiary alicyclic amines) is 1. The Morgan fingerprint density at radius 3 is 2.64 bits per heavy atom. The third kappa shape index (κ3) is 3.83. The third-order valence-electron chi connectivity index (χ3n) is 5.01. The first-order valence-corrected chi connectivity index (χ1v) is 9.72. The van der Waals surface area contributed by atoms with Crippen molar-refractivity contribution in [3.63, 3.8) is 0 Å². The fourth-order valence-corrected chi connectivity index (χ4v) is 3.47. The lowest BCUT2D eigenvalue weighted by Crippen LogP contribution is -2.57. The smallest absolute Gasteiger partial charge is 0.322 e. The molecule has 148 valence electrons. The van der Waals surface area contributed by atoms with Crippen molar-refractivity contribution in [1.29, 1.82) is 0 Å². The number of para-hydroxylation sites is 2. The molecule has 2 fully saturated rings. The van der Waals surface area contributed by atoms with Crippen molar-refractivity contribution < 1.29 is 14.3 Å². The number of aromatic nitrogens is 1. The number of hydrogen-bond acceptors (Lipinski definition) is 4. The van der Waals surface area contributed by atoms with Gasteiger partial charge in [-0.3, -0.25) is 4.79 Å². The first-order valence-electron chi connectivity index (χ1n) is 9.72. The van der Waals surface area contributed by atoms with Crippen molar-refractivity contribution in [2.24, 2.45) is 0 Å². The molecule has 0 spiro atoms. The van der Waals surface area contributed by atoms with E-state index >= 15 is 0 Å². The van der Waals surface area contributed by atoms with Crippen LogP contribution in [0.15, 0.2) is 41.2 Å². The van der Waals surface area contributed by atoms with E-state index in [0.29, 0.717) is 42.9 Å². The maximum absolute atomic E-state index is 12.4. The van der Waals surface area contributed by atoms with Gasteiger partial charge >= 0.3 is 6.03 Å². The fraction of sp³-hybridized carbons (Fsp3) is 0.429. The fourth-order valence-electron chi connectivity index (χ4n) is 3.47. The van der Waals surface area contributed by atoms with E-state index in [4.69, 9.17) is 9.47 Å². The van der Waals surface area contributed by atoms with Crippen LogP contribution in [0.4, 0.5) is 10.5 Å². The van der Waals surface area contributed by atoms with Gasteiger partial charge in [0.15, 0.2) is 0 Å². The summed E-state index contributed by atoms with van der Waals surface area (Å²) in [5.41, 5.74) is 1.56. The van der Waals surface area contributed by atoms with Gasteiger partial charge in [-0.2, -0.15) is 0 Å². The number of anilines is 1. The highest BCUT2D eigenvalue weighted by Crippen LogP contribution is 2.35. The standard InChI is InChI=1S/C21H25N3O4/c1-3-27-19-7-5-4-6-18(19)22-21(26)23-12-17(13-23)28-16-10-14(2)24(15-8-9-15)20(25)11-16/h4-7,10-11,15,17H,3,8-9,12-13H2,1-2H3,(H,22,26). The van der Waals surface area contributed by atoms with Gasteiger partial charge in [0.05, 0.1) is 25.4 Å². The Morgan fingerprint density at radius 1 is 1.21 bits per heavy atom. The molecule has 7 nitrogen and oxygen atoms in total. The summed E-state index contributed by atoms with van der Waals surface area (Å²) in [6.07, 6.45) is 2.03. The van der Waals surface area contributed by atoms with E-state index in [1.165, 1.54) is 0 Å². The third-order valence-corrected chi connectivity index (χ3v) is 5.01. The number of nitrogens with one attached hydrogen (secondary N) is 1. The van der Waals surface area contributed by atoms with Crippen molar-refractivity contribution >= 4 is 11.7 Å². The molecule has 0 unspecified atom stereocenters. The summed E-state index contributed by atoms with van der Waals surface area (Å²) in [4.78, 5) is 26.4. The quantitative estimate of drug-likeness (QED) is 0.832. The molecule has 2 heterocycles. The lowest BCUT2D eigenvalue weighted by Gasteiger charge is -2.38. The Balaban J connectivity index is 1.32. The van der Waals surface area contributed by atoms with E-state index in [9.17, 15) is 9.59 Å². The topological polar surface area (TPSA) is 72.8 Å². The van der Waals surface area contributed by atoms with Gasteiger partial charge in [0.2, 0.25) is 0 Å². The van der Waals surface area contributed by atoms with Crippen LogP contribution in [0.3, 0.4) is 0 Å². The van der Waals surface area contributed by atoms with Gasteiger partial charge in [-0.1, -0.05) is 12.1 Å². The summed E-state index contributed by atoms with van der Waals surface area (Å²) in [5, 5.41) is 2.88. The maximum Gasteiger partial charge on any atom is 0.322 e. The van der Waals surface area contributed by atoms with Crippen molar-refractivity contribution in [3.05, 3.63) is 52.4 Å². The Labute approximate surface area is 163 Å². The summed E-state index contributed by atoms with van der Waals surface area (Å²) in [7, 11) is 0. The number of aryl methyl sites for hydroxylation is 1. The van der Waals surface area contributed by atoms with Gasteiger partial charge in [-0.15, -0.1) is 0 Å². The normalized spacial score (nSPS) is 16.4. The van der Waals surface area contributed by atoms with Crippen LogP contribution in [0.5, 0.6) is 11.5 Å². The number of pyridine rings is 1. The monoisotopic (exact) mass is 383 g/mol. The molecular weight excluding hydrogens is 358 g/mol. The molecule has 7 heteroatoms. The van der Waals surface area contributed by atoms with Crippen molar-refractivity contribution in [1.82, 2.24) is 9.47 Å². The molecular formula is C21H25N3O4. The average Bonchev–Trinajstić information content (AvgIpc) is 3.44. The Hall–Kier alpha value is -2.96. The number of nitrogens with zero attached hydrogens (tertiary/aromatic N) is 2. The zero-order valence-corrected chi connectivity index (χ0v) is 16.2. The van der Waals surface area contributed by atoms with E-state index in [-0.39, 0.29) is 17.7 Å². The van der Waals surface area contributed by atoms with Crippen LogP contribution in [-0.4, -0.2) is 41.3 Å². The Bertz CT molecular complexity index is 929. The molecule has 4 rings (SSSR count). The minimum Gasteiger partial charge on any atom is -0.492 e. The second-order valence-electron chi connectivity index (χ2n) is 7.28. The number of benzene rings is 1. The van der Waals surface area contributed by atoms with Crippen molar-refractivity contribution in [2.75, 3.05) is 25.0 Å². The highest BCUT2D eigenvalue weighted by Gasteiger charge is 2.33. The van der Waals surface area contributed by atoms with Gasteiger partial charge in [-0.05, 0) is 44.9 Å². The molecule has 1 saturated heterocycles.